The van der Waals surface area contributed by atoms with Crippen molar-refractivity contribution in [2.45, 2.75) is 38.5 Å². The zero-order valence-corrected chi connectivity index (χ0v) is 10.9. The molecule has 0 fully saturated rings. The Morgan fingerprint density at radius 3 is 2.83 bits per heavy atom. The summed E-state index contributed by atoms with van der Waals surface area (Å²) in [5.41, 5.74) is 3.36. The van der Waals surface area contributed by atoms with E-state index < -0.39 is 0 Å². The number of hydrogen-bond acceptors (Lipinski definition) is 3. The van der Waals surface area contributed by atoms with Crippen LogP contribution in [0.15, 0.2) is 18.2 Å². The fourth-order valence-electron chi connectivity index (χ4n) is 2.47. The topological polar surface area (TPSA) is 43.4 Å². The number of Topliss-reactive ketones (excluding diaryl/α,β-unsaturated/α-hetero) is 1. The Bertz CT molecular complexity index is 477. The molecule has 0 bridgehead atoms. The van der Waals surface area contributed by atoms with Crippen LogP contribution < -0.4 is 0 Å². The molecule has 0 saturated carbocycles. The van der Waals surface area contributed by atoms with E-state index in [0.29, 0.717) is 11.5 Å². The minimum atomic E-state index is -0.335. The number of carbonyl (C=O) groups excluding carboxylic acids is 2. The molecule has 3 nitrogen and oxygen atoms in total. The van der Waals surface area contributed by atoms with Crippen LogP contribution in [-0.2, 0) is 16.0 Å². The summed E-state index contributed by atoms with van der Waals surface area (Å²) in [5.74, 6) is 0.278. The van der Waals surface area contributed by atoms with E-state index in [4.69, 9.17) is 0 Å². The second-order valence-corrected chi connectivity index (χ2v) is 4.85. The van der Waals surface area contributed by atoms with Crippen LogP contribution in [0.3, 0.4) is 0 Å². The van der Waals surface area contributed by atoms with Crippen LogP contribution in [0, 0.1) is 0 Å². The van der Waals surface area contributed by atoms with E-state index in [0.717, 1.165) is 12.8 Å². The predicted octanol–water partition coefficient (Wildman–Crippen LogP) is 2.87. The summed E-state index contributed by atoms with van der Waals surface area (Å²) in [5, 5.41) is 0. The van der Waals surface area contributed by atoms with Gasteiger partial charge in [-0.3, -0.25) is 9.59 Å². The zero-order chi connectivity index (χ0) is 13.1. The predicted molar refractivity (Wildman–Crippen MR) is 68.8 cm³/mol. The number of carbonyl (C=O) groups is 2. The lowest BCUT2D eigenvalue weighted by Gasteiger charge is -2.06. The third kappa shape index (κ3) is 2.61. The van der Waals surface area contributed by atoms with Crippen LogP contribution in [0.25, 0.3) is 0 Å². The third-order valence-corrected chi connectivity index (χ3v) is 3.63. The molecule has 3 heteroatoms. The van der Waals surface area contributed by atoms with E-state index in [1.165, 1.54) is 18.2 Å². The monoisotopic (exact) mass is 246 g/mol. The van der Waals surface area contributed by atoms with Crippen LogP contribution in [-0.4, -0.2) is 18.9 Å². The summed E-state index contributed by atoms with van der Waals surface area (Å²) in [7, 11) is 1.34. The first-order valence-electron chi connectivity index (χ1n) is 6.34. The number of aryl methyl sites for hydroxylation is 1. The Hall–Kier alpha value is -1.64. The van der Waals surface area contributed by atoms with E-state index in [1.54, 1.807) is 0 Å². The van der Waals surface area contributed by atoms with Gasteiger partial charge in [0.05, 0.1) is 13.5 Å². The van der Waals surface area contributed by atoms with Crippen LogP contribution in [0.1, 0.15) is 53.6 Å². The molecule has 1 aromatic rings. The quantitative estimate of drug-likeness (QED) is 0.606. The van der Waals surface area contributed by atoms with E-state index in [-0.39, 0.29) is 24.6 Å². The van der Waals surface area contributed by atoms with E-state index >= 15 is 0 Å². The smallest absolute Gasteiger partial charge is 0.305 e. The largest absolute Gasteiger partial charge is 0.469 e. The van der Waals surface area contributed by atoms with Gasteiger partial charge in [0.2, 0.25) is 0 Å². The highest BCUT2D eigenvalue weighted by Crippen LogP contribution is 2.33. The van der Waals surface area contributed by atoms with Crippen molar-refractivity contribution in [1.29, 1.82) is 0 Å². The molecule has 0 heterocycles. The Balaban J connectivity index is 2.06. The number of esters is 1. The number of ether oxygens (including phenoxy) is 1. The molecule has 1 aliphatic carbocycles. The van der Waals surface area contributed by atoms with Crippen molar-refractivity contribution in [3.8, 4) is 0 Å². The van der Waals surface area contributed by atoms with Gasteiger partial charge in [-0.05, 0) is 36.0 Å². The second-order valence-electron chi connectivity index (χ2n) is 4.85. The summed E-state index contributed by atoms with van der Waals surface area (Å²) < 4.78 is 4.53. The minimum Gasteiger partial charge on any atom is -0.469 e. The average molecular weight is 246 g/mol. The van der Waals surface area contributed by atoms with Crippen molar-refractivity contribution in [3.05, 3.63) is 34.9 Å². The normalized spacial score (nSPS) is 17.3. The fourth-order valence-corrected chi connectivity index (χ4v) is 2.47. The highest BCUT2D eigenvalue weighted by atomic mass is 16.5. The Labute approximate surface area is 107 Å². The molecule has 1 atom stereocenters. The fraction of sp³-hybridized carbons (Fsp3) is 0.467. The van der Waals surface area contributed by atoms with E-state index in [1.807, 2.05) is 12.1 Å². The SMILES string of the molecule is COC(=O)CCC(=O)c1ccc2c(c1)CCC2C. The summed E-state index contributed by atoms with van der Waals surface area (Å²) in [4.78, 5) is 22.9. The van der Waals surface area contributed by atoms with Gasteiger partial charge >= 0.3 is 5.97 Å². The first kappa shape index (κ1) is 12.8. The number of methoxy groups -OCH3 is 1. The van der Waals surface area contributed by atoms with Gasteiger partial charge in [0.1, 0.15) is 0 Å². The standard InChI is InChI=1S/C15H18O3/c1-10-3-4-11-9-12(5-6-13(10)11)14(16)7-8-15(17)18-2/h5-6,9-10H,3-4,7-8H2,1-2H3. The van der Waals surface area contributed by atoms with Gasteiger partial charge in [-0.15, -0.1) is 0 Å². The first-order chi connectivity index (χ1) is 8.61. The van der Waals surface area contributed by atoms with E-state index in [9.17, 15) is 9.59 Å². The molecule has 0 radical (unpaired) electrons. The summed E-state index contributed by atoms with van der Waals surface area (Å²) >= 11 is 0. The summed E-state index contributed by atoms with van der Waals surface area (Å²) in [6.45, 7) is 2.21. The lowest BCUT2D eigenvalue weighted by molar-refractivity contribution is -0.140. The highest BCUT2D eigenvalue weighted by Gasteiger charge is 2.19. The Morgan fingerprint density at radius 1 is 1.33 bits per heavy atom. The number of rotatable bonds is 4. The van der Waals surface area contributed by atoms with Gasteiger partial charge in [-0.25, -0.2) is 0 Å². The van der Waals surface area contributed by atoms with Gasteiger partial charge in [-0.2, -0.15) is 0 Å². The molecule has 0 aromatic heterocycles. The van der Waals surface area contributed by atoms with Crippen molar-refractivity contribution in [2.24, 2.45) is 0 Å². The number of fused-ring (bicyclic) bond motifs is 1. The van der Waals surface area contributed by atoms with Crippen molar-refractivity contribution in [1.82, 2.24) is 0 Å². The summed E-state index contributed by atoms with van der Waals surface area (Å²) in [6, 6.07) is 5.91. The third-order valence-electron chi connectivity index (χ3n) is 3.63. The maximum absolute atomic E-state index is 11.9. The van der Waals surface area contributed by atoms with Crippen molar-refractivity contribution >= 4 is 11.8 Å². The molecule has 0 saturated heterocycles. The molecule has 0 N–H and O–H groups in total. The number of hydrogen-bond donors (Lipinski definition) is 0. The number of ketones is 1. The molecule has 1 unspecified atom stereocenters. The molecule has 18 heavy (non-hydrogen) atoms. The molecule has 0 spiro atoms. The summed E-state index contributed by atoms with van der Waals surface area (Å²) in [6.07, 6.45) is 2.59. The molecule has 1 aromatic carbocycles. The first-order valence-corrected chi connectivity index (χ1v) is 6.34. The maximum atomic E-state index is 11.9. The molecule has 2 rings (SSSR count). The van der Waals surface area contributed by atoms with Crippen LogP contribution in [0.4, 0.5) is 0 Å². The van der Waals surface area contributed by atoms with Crippen molar-refractivity contribution < 1.29 is 14.3 Å². The second kappa shape index (κ2) is 5.34. The van der Waals surface area contributed by atoms with E-state index in [2.05, 4.69) is 17.7 Å². The minimum absolute atomic E-state index is 0.0164. The molecular formula is C15H18O3. The average Bonchev–Trinajstić information content (AvgIpc) is 2.76. The van der Waals surface area contributed by atoms with Crippen LogP contribution >= 0.6 is 0 Å². The van der Waals surface area contributed by atoms with Gasteiger partial charge < -0.3 is 4.74 Å². The molecule has 1 aliphatic rings. The molecule has 0 amide bonds. The highest BCUT2D eigenvalue weighted by molar-refractivity contribution is 5.97. The van der Waals surface area contributed by atoms with Crippen molar-refractivity contribution in [3.63, 3.8) is 0 Å². The zero-order valence-electron chi connectivity index (χ0n) is 10.9. The van der Waals surface area contributed by atoms with Crippen molar-refractivity contribution in [2.75, 3.05) is 7.11 Å². The van der Waals surface area contributed by atoms with Gasteiger partial charge in [0.15, 0.2) is 5.78 Å². The van der Waals surface area contributed by atoms with Gasteiger partial charge in [0, 0.05) is 12.0 Å². The molecular weight excluding hydrogens is 228 g/mol. The number of benzene rings is 1. The molecule has 96 valence electrons. The van der Waals surface area contributed by atoms with Crippen LogP contribution in [0.5, 0.6) is 0 Å². The van der Waals surface area contributed by atoms with Gasteiger partial charge in [-0.1, -0.05) is 19.1 Å². The molecule has 0 aliphatic heterocycles. The lowest BCUT2D eigenvalue weighted by Crippen LogP contribution is -2.06. The maximum Gasteiger partial charge on any atom is 0.305 e. The van der Waals surface area contributed by atoms with Gasteiger partial charge in [0.25, 0.3) is 0 Å². The van der Waals surface area contributed by atoms with Crippen LogP contribution in [0.2, 0.25) is 0 Å². The Morgan fingerprint density at radius 2 is 2.11 bits per heavy atom. The lowest BCUT2D eigenvalue weighted by atomic mass is 9.98. The Kier molecular flexibility index (Phi) is 3.80.